The quantitative estimate of drug-likeness (QED) is 0.816. The summed E-state index contributed by atoms with van der Waals surface area (Å²) in [7, 11) is -3.24. The van der Waals surface area contributed by atoms with Gasteiger partial charge in [-0.1, -0.05) is 0 Å². The maximum Gasteiger partial charge on any atom is 0.179 e. The first-order valence-corrected chi connectivity index (χ1v) is 8.34. The molecule has 6 heteroatoms. The van der Waals surface area contributed by atoms with Crippen molar-refractivity contribution in [2.75, 3.05) is 24.0 Å². The van der Waals surface area contributed by atoms with Gasteiger partial charge in [0.05, 0.1) is 0 Å². The van der Waals surface area contributed by atoms with Crippen molar-refractivity contribution in [3.8, 4) is 0 Å². The van der Waals surface area contributed by atoms with Crippen LogP contribution in [0.4, 0.5) is 5.82 Å². The fourth-order valence-corrected chi connectivity index (χ4v) is 3.19. The molecule has 1 heterocycles. The van der Waals surface area contributed by atoms with E-state index >= 15 is 0 Å². The molecule has 18 heavy (non-hydrogen) atoms. The van der Waals surface area contributed by atoms with Gasteiger partial charge in [-0.3, -0.25) is 0 Å². The van der Waals surface area contributed by atoms with Crippen LogP contribution < -0.4 is 5.32 Å². The van der Waals surface area contributed by atoms with Crippen LogP contribution >= 0.6 is 11.6 Å². The molecule has 1 N–H and O–H groups in total. The lowest BCUT2D eigenvalue weighted by Crippen LogP contribution is -2.18. The molecule has 0 aliphatic heterocycles. The fraction of sp³-hybridized carbons (Fsp3) is 0.583. The lowest BCUT2D eigenvalue weighted by molar-refractivity contribution is 0.523. The standard InChI is InChI=1S/C12H17ClN2O2S/c1-18(16,17)10-3-2-8-14-11(10)15-9-12(4-5-12)6-7-13/h2-3,8H,4-7,9H2,1H3,(H,14,15). The van der Waals surface area contributed by atoms with E-state index in [4.69, 9.17) is 11.6 Å². The minimum Gasteiger partial charge on any atom is -0.368 e. The smallest absolute Gasteiger partial charge is 0.179 e. The molecule has 0 amide bonds. The van der Waals surface area contributed by atoms with Crippen molar-refractivity contribution < 1.29 is 8.42 Å². The molecule has 2 rings (SSSR count). The highest BCUT2D eigenvalue weighted by atomic mass is 35.5. The van der Waals surface area contributed by atoms with Gasteiger partial charge in [-0.05, 0) is 36.8 Å². The van der Waals surface area contributed by atoms with Crippen molar-refractivity contribution in [1.29, 1.82) is 0 Å². The highest BCUT2D eigenvalue weighted by Gasteiger charge is 2.41. The van der Waals surface area contributed by atoms with Gasteiger partial charge < -0.3 is 5.32 Å². The van der Waals surface area contributed by atoms with E-state index in [1.54, 1.807) is 18.3 Å². The average molecular weight is 289 g/mol. The molecule has 4 nitrogen and oxygen atoms in total. The Balaban J connectivity index is 2.11. The Bertz CT molecular complexity index is 527. The number of hydrogen-bond donors (Lipinski definition) is 1. The van der Waals surface area contributed by atoms with Crippen LogP contribution in [0.3, 0.4) is 0 Å². The lowest BCUT2D eigenvalue weighted by atomic mass is 10.0. The maximum atomic E-state index is 11.6. The van der Waals surface area contributed by atoms with Gasteiger partial charge in [0.25, 0.3) is 0 Å². The summed E-state index contributed by atoms with van der Waals surface area (Å²) in [6, 6.07) is 3.21. The van der Waals surface area contributed by atoms with Gasteiger partial charge in [0.1, 0.15) is 10.7 Å². The van der Waals surface area contributed by atoms with Gasteiger partial charge in [0.2, 0.25) is 0 Å². The molecule has 1 saturated carbocycles. The van der Waals surface area contributed by atoms with Crippen LogP contribution in [0.5, 0.6) is 0 Å². The molecule has 100 valence electrons. The number of nitrogens with zero attached hydrogens (tertiary/aromatic N) is 1. The SMILES string of the molecule is CS(=O)(=O)c1cccnc1NCC1(CCCl)CC1. The zero-order valence-electron chi connectivity index (χ0n) is 10.3. The molecule has 0 saturated heterocycles. The van der Waals surface area contributed by atoms with Crippen LogP contribution in [0.1, 0.15) is 19.3 Å². The molecule has 1 aliphatic rings. The van der Waals surface area contributed by atoms with Crippen molar-refractivity contribution in [2.24, 2.45) is 5.41 Å². The number of aromatic nitrogens is 1. The molecular formula is C12H17ClN2O2S. The first-order chi connectivity index (χ1) is 8.47. The summed E-state index contributed by atoms with van der Waals surface area (Å²) in [5.41, 5.74) is 0.244. The Morgan fingerprint density at radius 3 is 2.78 bits per heavy atom. The second kappa shape index (κ2) is 5.05. The maximum absolute atomic E-state index is 11.6. The third-order valence-electron chi connectivity index (χ3n) is 3.38. The van der Waals surface area contributed by atoms with Gasteiger partial charge in [-0.25, -0.2) is 13.4 Å². The van der Waals surface area contributed by atoms with Crippen molar-refractivity contribution >= 4 is 27.3 Å². The fourth-order valence-electron chi connectivity index (χ4n) is 1.99. The van der Waals surface area contributed by atoms with E-state index in [0.29, 0.717) is 11.7 Å². The zero-order valence-corrected chi connectivity index (χ0v) is 11.9. The van der Waals surface area contributed by atoms with Crippen molar-refractivity contribution in [3.63, 3.8) is 0 Å². The minimum absolute atomic E-state index is 0.244. The van der Waals surface area contributed by atoms with Crippen molar-refractivity contribution in [2.45, 2.75) is 24.2 Å². The second-order valence-electron chi connectivity index (χ2n) is 4.91. The van der Waals surface area contributed by atoms with Crippen LogP contribution in [0.25, 0.3) is 0 Å². The highest BCUT2D eigenvalue weighted by molar-refractivity contribution is 7.90. The summed E-state index contributed by atoms with van der Waals surface area (Å²) in [4.78, 5) is 4.37. The first kappa shape index (κ1) is 13.6. The summed E-state index contributed by atoms with van der Waals surface area (Å²) in [5.74, 6) is 1.09. The van der Waals surface area contributed by atoms with Crippen LogP contribution in [0.2, 0.25) is 0 Å². The van der Waals surface area contributed by atoms with Crippen LogP contribution in [-0.4, -0.2) is 32.1 Å². The molecule has 0 atom stereocenters. The number of pyridine rings is 1. The Morgan fingerprint density at radius 2 is 2.22 bits per heavy atom. The van der Waals surface area contributed by atoms with Gasteiger partial charge in [0, 0.05) is 24.9 Å². The van der Waals surface area contributed by atoms with Crippen LogP contribution in [0.15, 0.2) is 23.2 Å². The van der Waals surface area contributed by atoms with E-state index in [-0.39, 0.29) is 10.3 Å². The van der Waals surface area contributed by atoms with Crippen LogP contribution in [-0.2, 0) is 9.84 Å². The highest BCUT2D eigenvalue weighted by Crippen LogP contribution is 2.49. The number of halogens is 1. The molecule has 0 aromatic carbocycles. The molecule has 1 aliphatic carbocycles. The third kappa shape index (κ3) is 3.14. The van der Waals surface area contributed by atoms with Gasteiger partial charge >= 0.3 is 0 Å². The molecule has 0 bridgehead atoms. The van der Waals surface area contributed by atoms with E-state index < -0.39 is 9.84 Å². The van der Waals surface area contributed by atoms with Crippen LogP contribution in [0, 0.1) is 5.41 Å². The normalized spacial score (nSPS) is 17.4. The van der Waals surface area contributed by atoms with E-state index in [1.165, 1.54) is 6.26 Å². The third-order valence-corrected chi connectivity index (χ3v) is 4.70. The van der Waals surface area contributed by atoms with Gasteiger partial charge in [0.15, 0.2) is 9.84 Å². The molecular weight excluding hydrogens is 272 g/mol. The largest absolute Gasteiger partial charge is 0.368 e. The number of sulfone groups is 1. The monoisotopic (exact) mass is 288 g/mol. The minimum atomic E-state index is -3.24. The Morgan fingerprint density at radius 1 is 1.50 bits per heavy atom. The molecule has 1 aromatic rings. The number of alkyl halides is 1. The van der Waals surface area contributed by atoms with E-state index in [2.05, 4.69) is 10.3 Å². The van der Waals surface area contributed by atoms with Crippen molar-refractivity contribution in [1.82, 2.24) is 4.98 Å². The van der Waals surface area contributed by atoms with E-state index in [1.807, 2.05) is 0 Å². The number of hydrogen-bond acceptors (Lipinski definition) is 4. The van der Waals surface area contributed by atoms with Gasteiger partial charge in [-0.2, -0.15) is 0 Å². The number of anilines is 1. The lowest BCUT2D eigenvalue weighted by Gasteiger charge is -2.16. The molecule has 0 radical (unpaired) electrons. The molecule has 0 spiro atoms. The summed E-state index contributed by atoms with van der Waals surface area (Å²) < 4.78 is 23.2. The number of rotatable bonds is 6. The Kier molecular flexibility index (Phi) is 3.82. The summed E-state index contributed by atoms with van der Waals surface area (Å²) in [5, 5.41) is 3.16. The molecule has 1 aromatic heterocycles. The summed E-state index contributed by atoms with van der Waals surface area (Å²) in [6.45, 7) is 0.735. The average Bonchev–Trinajstić information content (AvgIpc) is 3.07. The summed E-state index contributed by atoms with van der Waals surface area (Å²) >= 11 is 5.77. The predicted molar refractivity (Wildman–Crippen MR) is 72.8 cm³/mol. The zero-order chi connectivity index (χ0) is 13.2. The first-order valence-electron chi connectivity index (χ1n) is 5.92. The number of nitrogens with one attached hydrogen (secondary N) is 1. The Labute approximate surface area is 113 Å². The Hall–Kier alpha value is -0.810. The molecule has 0 unspecified atom stereocenters. The van der Waals surface area contributed by atoms with E-state index in [9.17, 15) is 8.42 Å². The topological polar surface area (TPSA) is 59.1 Å². The van der Waals surface area contributed by atoms with E-state index in [0.717, 1.165) is 25.8 Å². The second-order valence-corrected chi connectivity index (χ2v) is 7.28. The summed E-state index contributed by atoms with van der Waals surface area (Å²) in [6.07, 6.45) is 6.04. The predicted octanol–water partition coefficient (Wildman–Crippen LogP) is 2.31. The molecule has 1 fully saturated rings. The van der Waals surface area contributed by atoms with Crippen molar-refractivity contribution in [3.05, 3.63) is 18.3 Å². The van der Waals surface area contributed by atoms with Gasteiger partial charge in [-0.15, -0.1) is 11.6 Å².